The molecule has 0 unspecified atom stereocenters. The molecule has 1 aromatic heterocycles. The van der Waals surface area contributed by atoms with Crippen molar-refractivity contribution in [1.82, 2.24) is 4.98 Å². The zero-order valence-corrected chi connectivity index (χ0v) is 8.91. The van der Waals surface area contributed by atoms with Crippen LogP contribution in [-0.2, 0) is 16.0 Å². The minimum atomic E-state index is -0.377. The summed E-state index contributed by atoms with van der Waals surface area (Å²) in [5.41, 5.74) is 0.878. The number of rotatable bonds is 3. The molecule has 0 radical (unpaired) electrons. The van der Waals surface area contributed by atoms with Gasteiger partial charge < -0.3 is 4.74 Å². The number of ether oxygens (including phenoxy) is 1. The Morgan fingerprint density at radius 3 is 3.07 bits per heavy atom. The second-order valence-corrected chi connectivity index (χ2v) is 3.15. The third kappa shape index (κ3) is 3.22. The predicted octanol–water partition coefficient (Wildman–Crippen LogP) is 1.71. The average Bonchev–Trinajstić information content (AvgIpc) is 2.21. The molecule has 1 rings (SSSR count). The molecule has 1 heterocycles. The van der Waals surface area contributed by atoms with Gasteiger partial charge in [0.05, 0.1) is 24.7 Å². The minimum absolute atomic E-state index is 0.0426. The number of pyridine rings is 1. The number of carbonyl (C=O) groups excluding carboxylic acids is 1. The minimum Gasteiger partial charge on any atom is -0.466 e. The van der Waals surface area contributed by atoms with E-state index in [1.54, 1.807) is 6.92 Å². The molecule has 0 saturated heterocycles. The first kappa shape index (κ1) is 11.5. The topological polar surface area (TPSA) is 63.0 Å². The lowest BCUT2D eigenvalue weighted by atomic mass is 10.1. The molecule has 4 nitrogen and oxygen atoms in total. The van der Waals surface area contributed by atoms with E-state index in [-0.39, 0.29) is 17.5 Å². The van der Waals surface area contributed by atoms with E-state index in [0.29, 0.717) is 17.7 Å². The second-order valence-electron chi connectivity index (χ2n) is 2.76. The van der Waals surface area contributed by atoms with Gasteiger partial charge in [-0.25, -0.2) is 4.98 Å². The van der Waals surface area contributed by atoms with E-state index >= 15 is 0 Å². The van der Waals surface area contributed by atoms with Crippen LogP contribution in [0, 0.1) is 11.3 Å². The number of nitriles is 1. The molecule has 0 aliphatic carbocycles. The molecular formula is C10H9ClN2O2. The van der Waals surface area contributed by atoms with Crippen molar-refractivity contribution in [3.63, 3.8) is 0 Å². The monoisotopic (exact) mass is 224 g/mol. The lowest BCUT2D eigenvalue weighted by Gasteiger charge is -2.03. The molecule has 1 aromatic rings. The van der Waals surface area contributed by atoms with Crippen molar-refractivity contribution in [3.8, 4) is 6.07 Å². The van der Waals surface area contributed by atoms with Gasteiger partial charge in [0.25, 0.3) is 0 Å². The number of hydrogen-bond donors (Lipinski definition) is 0. The lowest BCUT2D eigenvalue weighted by molar-refractivity contribution is -0.142. The van der Waals surface area contributed by atoms with E-state index in [2.05, 4.69) is 4.98 Å². The van der Waals surface area contributed by atoms with Crippen molar-refractivity contribution < 1.29 is 9.53 Å². The van der Waals surface area contributed by atoms with Crippen molar-refractivity contribution >= 4 is 17.6 Å². The molecule has 5 heteroatoms. The molecule has 0 bridgehead atoms. The highest BCUT2D eigenvalue weighted by molar-refractivity contribution is 6.29. The molecule has 78 valence electrons. The van der Waals surface area contributed by atoms with Crippen LogP contribution in [0.5, 0.6) is 0 Å². The highest BCUT2D eigenvalue weighted by atomic mass is 35.5. The van der Waals surface area contributed by atoms with Crippen molar-refractivity contribution in [2.24, 2.45) is 0 Å². The molecule has 0 N–H and O–H groups in total. The number of aromatic nitrogens is 1. The summed E-state index contributed by atoms with van der Waals surface area (Å²) < 4.78 is 4.77. The van der Waals surface area contributed by atoms with Crippen molar-refractivity contribution in [2.45, 2.75) is 13.3 Å². The number of hydrogen-bond acceptors (Lipinski definition) is 4. The van der Waals surface area contributed by atoms with Gasteiger partial charge in [-0.15, -0.1) is 0 Å². The van der Waals surface area contributed by atoms with Gasteiger partial charge in [0.15, 0.2) is 0 Å². The fourth-order valence-electron chi connectivity index (χ4n) is 1.07. The Bertz CT molecular complexity index is 412. The molecule has 0 amide bonds. The first-order valence-electron chi connectivity index (χ1n) is 4.37. The summed E-state index contributed by atoms with van der Waals surface area (Å²) in [4.78, 5) is 15.0. The first-order valence-corrected chi connectivity index (χ1v) is 4.75. The van der Waals surface area contributed by atoms with Crippen LogP contribution < -0.4 is 0 Å². The molecule has 0 aliphatic rings. The normalized spacial score (nSPS) is 9.40. The molecule has 0 atom stereocenters. The highest BCUT2D eigenvalue weighted by Gasteiger charge is 2.09. The standard InChI is InChI=1S/C10H9ClN2O2/c1-2-15-10(14)4-8-6-13-9(11)3-7(8)5-12/h3,6H,2,4H2,1H3. The summed E-state index contributed by atoms with van der Waals surface area (Å²) in [6, 6.07) is 3.38. The van der Waals surface area contributed by atoms with Crippen LogP contribution in [0.25, 0.3) is 0 Å². The van der Waals surface area contributed by atoms with Crippen molar-refractivity contribution in [1.29, 1.82) is 5.26 Å². The van der Waals surface area contributed by atoms with Crippen LogP contribution in [0.4, 0.5) is 0 Å². The van der Waals surface area contributed by atoms with Gasteiger partial charge in [-0.3, -0.25) is 4.79 Å². The molecule has 0 aliphatic heterocycles. The summed E-state index contributed by atoms with van der Waals surface area (Å²) >= 11 is 5.61. The SMILES string of the molecule is CCOC(=O)Cc1cnc(Cl)cc1C#N. The Hall–Kier alpha value is -1.60. The highest BCUT2D eigenvalue weighted by Crippen LogP contribution is 2.13. The van der Waals surface area contributed by atoms with Gasteiger partial charge in [-0.2, -0.15) is 5.26 Å². The Morgan fingerprint density at radius 2 is 2.47 bits per heavy atom. The smallest absolute Gasteiger partial charge is 0.310 e. The van der Waals surface area contributed by atoms with Crippen LogP contribution in [0.1, 0.15) is 18.1 Å². The summed E-state index contributed by atoms with van der Waals surface area (Å²) in [6.07, 6.45) is 1.46. The summed E-state index contributed by atoms with van der Waals surface area (Å²) in [6.45, 7) is 2.05. The molecule has 0 aromatic carbocycles. The quantitative estimate of drug-likeness (QED) is 0.579. The fraction of sp³-hybridized carbons (Fsp3) is 0.300. The number of nitrogens with zero attached hydrogens (tertiary/aromatic N) is 2. The first-order chi connectivity index (χ1) is 7.17. The third-order valence-electron chi connectivity index (χ3n) is 1.71. The van der Waals surface area contributed by atoms with E-state index in [0.717, 1.165) is 0 Å². The van der Waals surface area contributed by atoms with Crippen molar-refractivity contribution in [3.05, 3.63) is 28.5 Å². The molecule has 15 heavy (non-hydrogen) atoms. The van der Waals surface area contributed by atoms with E-state index in [4.69, 9.17) is 21.6 Å². The lowest BCUT2D eigenvalue weighted by Crippen LogP contribution is -2.09. The largest absolute Gasteiger partial charge is 0.466 e. The van der Waals surface area contributed by atoms with Gasteiger partial charge in [0.1, 0.15) is 5.15 Å². The predicted molar refractivity (Wildman–Crippen MR) is 54.3 cm³/mol. The average molecular weight is 225 g/mol. The van der Waals surface area contributed by atoms with Crippen LogP contribution in [0.2, 0.25) is 5.15 Å². The third-order valence-corrected chi connectivity index (χ3v) is 1.92. The van der Waals surface area contributed by atoms with Gasteiger partial charge in [0.2, 0.25) is 0 Å². The van der Waals surface area contributed by atoms with Gasteiger partial charge >= 0.3 is 5.97 Å². The Balaban J connectivity index is 2.86. The number of halogens is 1. The van der Waals surface area contributed by atoms with Gasteiger partial charge in [-0.05, 0) is 18.6 Å². The summed E-state index contributed by atoms with van der Waals surface area (Å²) in [5.74, 6) is -0.377. The molecule has 0 fully saturated rings. The van der Waals surface area contributed by atoms with Crippen LogP contribution >= 0.6 is 11.6 Å². The summed E-state index contributed by atoms with van der Waals surface area (Å²) in [5, 5.41) is 9.03. The maximum atomic E-state index is 11.2. The summed E-state index contributed by atoms with van der Waals surface area (Å²) in [7, 11) is 0. The molecular weight excluding hydrogens is 216 g/mol. The van der Waals surface area contributed by atoms with Crippen LogP contribution in [-0.4, -0.2) is 17.6 Å². The second kappa shape index (κ2) is 5.32. The van der Waals surface area contributed by atoms with E-state index in [1.807, 2.05) is 6.07 Å². The van der Waals surface area contributed by atoms with E-state index < -0.39 is 0 Å². The Kier molecular flexibility index (Phi) is 4.07. The van der Waals surface area contributed by atoms with Crippen molar-refractivity contribution in [2.75, 3.05) is 6.61 Å². The van der Waals surface area contributed by atoms with Gasteiger partial charge in [-0.1, -0.05) is 11.6 Å². The van der Waals surface area contributed by atoms with Gasteiger partial charge in [0, 0.05) is 6.20 Å². The van der Waals surface area contributed by atoms with Crippen LogP contribution in [0.3, 0.4) is 0 Å². The number of esters is 1. The maximum Gasteiger partial charge on any atom is 0.310 e. The van der Waals surface area contributed by atoms with E-state index in [1.165, 1.54) is 12.3 Å². The fourth-order valence-corrected chi connectivity index (χ4v) is 1.23. The van der Waals surface area contributed by atoms with E-state index in [9.17, 15) is 4.79 Å². The molecule has 0 spiro atoms. The zero-order valence-electron chi connectivity index (χ0n) is 8.16. The Morgan fingerprint density at radius 1 is 1.73 bits per heavy atom. The number of carbonyl (C=O) groups is 1. The Labute approximate surface area is 92.4 Å². The zero-order chi connectivity index (χ0) is 11.3. The maximum absolute atomic E-state index is 11.2. The van der Waals surface area contributed by atoms with Crippen LogP contribution in [0.15, 0.2) is 12.3 Å². The molecule has 0 saturated carbocycles.